The summed E-state index contributed by atoms with van der Waals surface area (Å²) in [6, 6.07) is 3.02. The fraction of sp³-hybridized carbons (Fsp3) is 0.600. The van der Waals surface area contributed by atoms with Crippen molar-refractivity contribution in [1.82, 2.24) is 15.1 Å². The molecule has 0 saturated carbocycles. The van der Waals surface area contributed by atoms with Crippen molar-refractivity contribution in [3.8, 4) is 6.07 Å². The number of aromatic nitrogens is 2. The topological polar surface area (TPSA) is 53.6 Å². The van der Waals surface area contributed by atoms with Crippen LogP contribution in [0, 0.1) is 17.2 Å². The summed E-state index contributed by atoms with van der Waals surface area (Å²) in [5.74, 6) is -1.94. The number of halogens is 3. The number of nitrogens with zero attached hydrogens (tertiary/aromatic N) is 3. The molecule has 0 radical (unpaired) electrons. The van der Waals surface area contributed by atoms with Crippen molar-refractivity contribution in [3.05, 3.63) is 18.5 Å². The lowest BCUT2D eigenvalue weighted by Crippen LogP contribution is -2.33. The van der Waals surface area contributed by atoms with Crippen LogP contribution in [-0.2, 0) is 6.54 Å². The molecule has 0 fully saturated rings. The van der Waals surface area contributed by atoms with Crippen molar-refractivity contribution in [1.29, 1.82) is 5.26 Å². The quantitative estimate of drug-likeness (QED) is 0.775. The van der Waals surface area contributed by atoms with E-state index in [0.29, 0.717) is 19.5 Å². The summed E-state index contributed by atoms with van der Waals surface area (Å²) >= 11 is 0. The Morgan fingerprint density at radius 3 is 2.76 bits per heavy atom. The van der Waals surface area contributed by atoms with E-state index in [9.17, 15) is 13.2 Å². The van der Waals surface area contributed by atoms with Gasteiger partial charge < -0.3 is 5.32 Å². The zero-order valence-electron chi connectivity index (χ0n) is 9.11. The van der Waals surface area contributed by atoms with Crippen molar-refractivity contribution in [2.24, 2.45) is 5.92 Å². The van der Waals surface area contributed by atoms with Gasteiger partial charge in [0.25, 0.3) is 0 Å². The Bertz CT molecular complexity index is 353. The maximum Gasteiger partial charge on any atom is 0.405 e. The summed E-state index contributed by atoms with van der Waals surface area (Å²) in [6.45, 7) is 0.705. The van der Waals surface area contributed by atoms with Gasteiger partial charge in [-0.25, -0.2) is 0 Å². The van der Waals surface area contributed by atoms with Gasteiger partial charge in [0.2, 0.25) is 0 Å². The van der Waals surface area contributed by atoms with Crippen molar-refractivity contribution in [2.75, 3.05) is 13.1 Å². The van der Waals surface area contributed by atoms with E-state index < -0.39 is 12.1 Å². The maximum atomic E-state index is 12.2. The molecular weight excluding hydrogens is 233 g/mol. The maximum absolute atomic E-state index is 12.2. The normalized spacial score (nSPS) is 13.3. The lowest BCUT2D eigenvalue weighted by Gasteiger charge is -2.13. The monoisotopic (exact) mass is 246 g/mol. The van der Waals surface area contributed by atoms with Crippen LogP contribution in [0.15, 0.2) is 18.5 Å². The number of hydrogen-bond acceptors (Lipinski definition) is 3. The summed E-state index contributed by atoms with van der Waals surface area (Å²) in [5, 5.41) is 14.9. The highest BCUT2D eigenvalue weighted by atomic mass is 19.4. The van der Waals surface area contributed by atoms with Gasteiger partial charge in [-0.2, -0.15) is 23.5 Å². The molecule has 1 aromatic heterocycles. The Hall–Kier alpha value is -1.55. The lowest BCUT2D eigenvalue weighted by atomic mass is 10.1. The third-order valence-corrected chi connectivity index (χ3v) is 2.20. The number of rotatable bonds is 6. The number of aryl methyl sites for hydroxylation is 1. The van der Waals surface area contributed by atoms with Crippen LogP contribution < -0.4 is 5.32 Å². The number of nitriles is 1. The fourth-order valence-electron chi connectivity index (χ4n) is 1.28. The molecule has 1 unspecified atom stereocenters. The molecule has 0 aliphatic carbocycles. The highest BCUT2D eigenvalue weighted by Gasteiger charge is 2.39. The molecule has 17 heavy (non-hydrogen) atoms. The SMILES string of the molecule is N#CC(CNCCCn1cccn1)C(F)(F)F. The van der Waals surface area contributed by atoms with Gasteiger partial charge in [-0.1, -0.05) is 0 Å². The van der Waals surface area contributed by atoms with Crippen LogP contribution in [0.1, 0.15) is 6.42 Å². The van der Waals surface area contributed by atoms with Gasteiger partial charge in [0, 0.05) is 25.5 Å². The summed E-state index contributed by atoms with van der Waals surface area (Å²) in [4.78, 5) is 0. The first-order valence-corrected chi connectivity index (χ1v) is 5.18. The Morgan fingerprint density at radius 1 is 1.47 bits per heavy atom. The van der Waals surface area contributed by atoms with Crippen molar-refractivity contribution < 1.29 is 13.2 Å². The lowest BCUT2D eigenvalue weighted by molar-refractivity contribution is -0.157. The predicted molar refractivity (Wildman–Crippen MR) is 54.9 cm³/mol. The second kappa shape index (κ2) is 6.25. The zero-order valence-corrected chi connectivity index (χ0v) is 9.11. The van der Waals surface area contributed by atoms with Gasteiger partial charge in [-0.15, -0.1) is 0 Å². The fourth-order valence-corrected chi connectivity index (χ4v) is 1.28. The van der Waals surface area contributed by atoms with E-state index in [0.717, 1.165) is 0 Å². The van der Waals surface area contributed by atoms with E-state index in [1.54, 1.807) is 23.1 Å². The number of nitrogens with one attached hydrogen (secondary N) is 1. The average Bonchev–Trinajstić information content (AvgIpc) is 2.74. The molecule has 0 spiro atoms. The minimum Gasteiger partial charge on any atom is -0.315 e. The third kappa shape index (κ3) is 4.87. The summed E-state index contributed by atoms with van der Waals surface area (Å²) in [7, 11) is 0. The van der Waals surface area contributed by atoms with E-state index in [-0.39, 0.29) is 6.54 Å². The van der Waals surface area contributed by atoms with Gasteiger partial charge in [0.1, 0.15) is 0 Å². The average molecular weight is 246 g/mol. The van der Waals surface area contributed by atoms with Crippen LogP contribution in [0.25, 0.3) is 0 Å². The van der Waals surface area contributed by atoms with Crippen LogP contribution in [-0.4, -0.2) is 29.0 Å². The van der Waals surface area contributed by atoms with Gasteiger partial charge in [0.15, 0.2) is 5.92 Å². The molecule has 94 valence electrons. The Balaban J connectivity index is 2.14. The molecule has 0 amide bonds. The summed E-state index contributed by atoms with van der Waals surface area (Å²) in [5.41, 5.74) is 0. The van der Waals surface area contributed by atoms with Gasteiger partial charge in [-0.05, 0) is 19.0 Å². The first kappa shape index (κ1) is 13.5. The largest absolute Gasteiger partial charge is 0.405 e. The zero-order chi connectivity index (χ0) is 12.7. The first-order chi connectivity index (χ1) is 8.04. The molecule has 7 heteroatoms. The summed E-state index contributed by atoms with van der Waals surface area (Å²) < 4.78 is 38.2. The number of hydrogen-bond donors (Lipinski definition) is 1. The third-order valence-electron chi connectivity index (χ3n) is 2.20. The highest BCUT2D eigenvalue weighted by Crippen LogP contribution is 2.24. The van der Waals surface area contributed by atoms with Crippen LogP contribution in [0.5, 0.6) is 0 Å². The molecule has 0 aliphatic rings. The Labute approximate surface area is 97.0 Å². The van der Waals surface area contributed by atoms with Crippen LogP contribution in [0.2, 0.25) is 0 Å². The van der Waals surface area contributed by atoms with E-state index in [4.69, 9.17) is 5.26 Å². The van der Waals surface area contributed by atoms with Crippen LogP contribution >= 0.6 is 0 Å². The van der Waals surface area contributed by atoms with Crippen molar-refractivity contribution in [2.45, 2.75) is 19.1 Å². The number of alkyl halides is 3. The second-order valence-electron chi connectivity index (χ2n) is 3.55. The van der Waals surface area contributed by atoms with Crippen molar-refractivity contribution in [3.63, 3.8) is 0 Å². The molecule has 1 aromatic rings. The van der Waals surface area contributed by atoms with Gasteiger partial charge in [-0.3, -0.25) is 4.68 Å². The van der Waals surface area contributed by atoms with Gasteiger partial charge in [0.05, 0.1) is 6.07 Å². The summed E-state index contributed by atoms with van der Waals surface area (Å²) in [6.07, 6.45) is -0.363. The minimum absolute atomic E-state index is 0.362. The van der Waals surface area contributed by atoms with Gasteiger partial charge >= 0.3 is 6.18 Å². The smallest absolute Gasteiger partial charge is 0.315 e. The molecule has 1 atom stereocenters. The van der Waals surface area contributed by atoms with E-state index in [1.165, 1.54) is 6.07 Å². The molecule has 0 saturated heterocycles. The molecule has 1 heterocycles. The van der Waals surface area contributed by atoms with Crippen LogP contribution in [0.4, 0.5) is 13.2 Å². The minimum atomic E-state index is -4.45. The highest BCUT2D eigenvalue weighted by molar-refractivity contribution is 4.89. The molecule has 4 nitrogen and oxygen atoms in total. The Kier molecular flexibility index (Phi) is 4.97. The standard InChI is InChI=1S/C10H13F3N4/c11-10(12,13)9(7-14)8-15-3-1-5-17-6-2-4-16-17/h2,4,6,9,15H,1,3,5,8H2. The molecule has 1 N–H and O–H groups in total. The van der Waals surface area contributed by atoms with Crippen molar-refractivity contribution >= 4 is 0 Å². The second-order valence-corrected chi connectivity index (χ2v) is 3.55. The van der Waals surface area contributed by atoms with E-state index >= 15 is 0 Å². The van der Waals surface area contributed by atoms with E-state index in [1.807, 2.05) is 0 Å². The molecule has 0 aliphatic heterocycles. The predicted octanol–water partition coefficient (Wildman–Crippen LogP) is 1.56. The molecule has 1 rings (SSSR count). The molecule has 0 bridgehead atoms. The Morgan fingerprint density at radius 2 is 2.24 bits per heavy atom. The molecule has 0 aromatic carbocycles. The van der Waals surface area contributed by atoms with Crippen LogP contribution in [0.3, 0.4) is 0 Å². The molecular formula is C10H13F3N4. The van der Waals surface area contributed by atoms with E-state index in [2.05, 4.69) is 10.4 Å². The first-order valence-electron chi connectivity index (χ1n) is 5.18.